The monoisotopic (exact) mass is 441 g/mol. The largest absolute Gasteiger partial charge is 0.394 e. The molecule has 0 unspecified atom stereocenters. The average molecular weight is 441 g/mol. The van der Waals surface area contributed by atoms with Gasteiger partial charge in [-0.1, -0.05) is 42.5 Å². The van der Waals surface area contributed by atoms with E-state index in [0.717, 1.165) is 22.3 Å². The molecular formula is C25H23N5O3. The summed E-state index contributed by atoms with van der Waals surface area (Å²) >= 11 is 0. The van der Waals surface area contributed by atoms with Crippen LogP contribution in [0.2, 0.25) is 0 Å². The summed E-state index contributed by atoms with van der Waals surface area (Å²) in [5.74, 6) is -0.345. The maximum atomic E-state index is 12.8. The van der Waals surface area contributed by atoms with Gasteiger partial charge in [-0.2, -0.15) is 0 Å². The minimum Gasteiger partial charge on any atom is -0.394 e. The third-order valence-corrected chi connectivity index (χ3v) is 5.29. The molecule has 0 saturated carbocycles. The highest BCUT2D eigenvalue weighted by atomic mass is 16.3. The summed E-state index contributed by atoms with van der Waals surface area (Å²) in [5, 5.41) is 12.6. The van der Waals surface area contributed by atoms with Gasteiger partial charge in [-0.25, -0.2) is 9.97 Å². The average Bonchev–Trinajstić information content (AvgIpc) is 3.33. The molecule has 1 atom stereocenters. The topological polar surface area (TPSA) is 134 Å². The number of H-pyrrole nitrogens is 1. The normalized spacial score (nSPS) is 11.7. The lowest BCUT2D eigenvalue weighted by molar-refractivity contribution is 0.0911. The second-order valence-corrected chi connectivity index (χ2v) is 7.59. The van der Waals surface area contributed by atoms with Crippen LogP contribution in [0.5, 0.6) is 0 Å². The van der Waals surface area contributed by atoms with Crippen LogP contribution in [0.15, 0.2) is 73.1 Å². The number of nitrogens with two attached hydrogens (primary N) is 1. The summed E-state index contributed by atoms with van der Waals surface area (Å²) in [6.07, 6.45) is 3.42. The number of carbonyl (C=O) groups is 2. The number of aryl methyl sites for hydroxylation is 1. The molecule has 0 aliphatic carbocycles. The molecule has 5 N–H and O–H groups in total. The van der Waals surface area contributed by atoms with Gasteiger partial charge in [-0.05, 0) is 36.2 Å². The predicted molar refractivity (Wildman–Crippen MR) is 124 cm³/mol. The van der Waals surface area contributed by atoms with Crippen molar-refractivity contribution in [1.29, 1.82) is 0 Å². The van der Waals surface area contributed by atoms with Crippen LogP contribution < -0.4 is 11.1 Å². The Balaban J connectivity index is 1.57. The van der Waals surface area contributed by atoms with Gasteiger partial charge < -0.3 is 21.1 Å². The van der Waals surface area contributed by atoms with Crippen molar-refractivity contribution >= 4 is 11.8 Å². The summed E-state index contributed by atoms with van der Waals surface area (Å²) in [6.45, 7) is 1.67. The van der Waals surface area contributed by atoms with Crippen LogP contribution in [0.25, 0.3) is 22.6 Å². The highest BCUT2D eigenvalue weighted by Crippen LogP contribution is 2.25. The van der Waals surface area contributed by atoms with E-state index in [1.54, 1.807) is 42.7 Å². The molecule has 0 aliphatic rings. The fraction of sp³-hybridized carbons (Fsp3) is 0.120. The fourth-order valence-electron chi connectivity index (χ4n) is 3.47. The molecule has 0 aliphatic heterocycles. The van der Waals surface area contributed by atoms with Gasteiger partial charge in [0, 0.05) is 29.1 Å². The molecule has 33 heavy (non-hydrogen) atoms. The first-order valence-electron chi connectivity index (χ1n) is 10.4. The van der Waals surface area contributed by atoms with E-state index in [4.69, 9.17) is 5.73 Å². The Kier molecular flexibility index (Phi) is 6.28. The first kappa shape index (κ1) is 21.9. The Bertz CT molecular complexity index is 1280. The van der Waals surface area contributed by atoms with Crippen LogP contribution in [0.4, 0.5) is 0 Å². The van der Waals surface area contributed by atoms with Crippen molar-refractivity contribution in [3.63, 3.8) is 0 Å². The molecule has 8 nitrogen and oxygen atoms in total. The molecule has 8 heteroatoms. The van der Waals surface area contributed by atoms with Crippen molar-refractivity contribution in [3.05, 3.63) is 95.4 Å². The quantitative estimate of drug-likeness (QED) is 0.350. The third kappa shape index (κ3) is 4.81. The van der Waals surface area contributed by atoms with E-state index >= 15 is 0 Å². The Morgan fingerprint density at radius 2 is 1.82 bits per heavy atom. The molecule has 2 amide bonds. The van der Waals surface area contributed by atoms with E-state index in [2.05, 4.69) is 20.3 Å². The molecule has 166 valence electrons. The zero-order chi connectivity index (χ0) is 23.4. The first-order valence-corrected chi connectivity index (χ1v) is 10.4. The first-order chi connectivity index (χ1) is 16.0. The number of aromatic nitrogens is 3. The molecule has 0 fully saturated rings. The van der Waals surface area contributed by atoms with Gasteiger partial charge in [0.15, 0.2) is 5.82 Å². The minimum atomic E-state index is -0.513. The molecule has 0 saturated heterocycles. The van der Waals surface area contributed by atoms with Crippen LogP contribution in [-0.4, -0.2) is 38.5 Å². The number of aliphatic hydroxyl groups is 1. The zero-order valence-corrected chi connectivity index (χ0v) is 17.9. The molecule has 2 aromatic heterocycles. The highest BCUT2D eigenvalue weighted by Gasteiger charge is 2.18. The Morgan fingerprint density at radius 3 is 2.48 bits per heavy atom. The molecule has 0 bridgehead atoms. The van der Waals surface area contributed by atoms with E-state index in [1.807, 2.05) is 37.3 Å². The Hall–Kier alpha value is -4.30. The number of rotatable bonds is 7. The van der Waals surface area contributed by atoms with Crippen molar-refractivity contribution in [1.82, 2.24) is 20.3 Å². The van der Waals surface area contributed by atoms with Crippen LogP contribution in [0.3, 0.4) is 0 Å². The van der Waals surface area contributed by atoms with E-state index in [-0.39, 0.29) is 12.5 Å². The lowest BCUT2D eigenvalue weighted by Crippen LogP contribution is -2.30. The summed E-state index contributed by atoms with van der Waals surface area (Å²) in [4.78, 5) is 36.1. The molecule has 2 aromatic carbocycles. The Morgan fingerprint density at radius 1 is 1.09 bits per heavy atom. The number of hydrogen-bond acceptors (Lipinski definition) is 5. The summed E-state index contributed by atoms with van der Waals surface area (Å²) in [7, 11) is 0. The Labute approximate surface area is 190 Å². The second kappa shape index (κ2) is 9.46. The molecular weight excluding hydrogens is 418 g/mol. The lowest BCUT2D eigenvalue weighted by Gasteiger charge is -2.16. The summed E-state index contributed by atoms with van der Waals surface area (Å²) in [6, 6.07) is 17.2. The number of carbonyl (C=O) groups excluding carboxylic acids is 2. The van der Waals surface area contributed by atoms with Crippen LogP contribution in [0.1, 0.15) is 38.0 Å². The number of amides is 2. The van der Waals surface area contributed by atoms with E-state index < -0.39 is 11.9 Å². The number of aromatic amines is 1. The van der Waals surface area contributed by atoms with Crippen molar-refractivity contribution in [2.75, 3.05) is 6.61 Å². The van der Waals surface area contributed by atoms with E-state index in [1.165, 1.54) is 0 Å². The summed E-state index contributed by atoms with van der Waals surface area (Å²) < 4.78 is 0. The highest BCUT2D eigenvalue weighted by molar-refractivity contribution is 5.94. The van der Waals surface area contributed by atoms with Gasteiger partial charge in [-0.3, -0.25) is 9.59 Å². The maximum absolute atomic E-state index is 12.8. The molecule has 0 radical (unpaired) electrons. The van der Waals surface area contributed by atoms with Gasteiger partial charge in [0.2, 0.25) is 5.91 Å². The predicted octanol–water partition coefficient (Wildman–Crippen LogP) is 3.01. The zero-order valence-electron chi connectivity index (χ0n) is 17.9. The van der Waals surface area contributed by atoms with Crippen molar-refractivity contribution < 1.29 is 14.7 Å². The van der Waals surface area contributed by atoms with Crippen molar-refractivity contribution in [2.24, 2.45) is 5.73 Å². The van der Waals surface area contributed by atoms with Gasteiger partial charge >= 0.3 is 0 Å². The number of benzene rings is 2. The fourth-order valence-corrected chi connectivity index (χ4v) is 3.47. The van der Waals surface area contributed by atoms with Gasteiger partial charge in [0.05, 0.1) is 18.3 Å². The number of nitrogens with one attached hydrogen (secondary N) is 2. The lowest BCUT2D eigenvalue weighted by atomic mass is 10.1. The van der Waals surface area contributed by atoms with Crippen LogP contribution in [-0.2, 0) is 0 Å². The standard InChI is InChI=1S/C25H23N5O3/c1-15-12-28-24(18-9-7-17(8-10-18)23(26)32)30-22(15)19-11-20(27-13-19)25(33)29-21(14-31)16-5-3-2-4-6-16/h2-13,21,27,31H,14H2,1H3,(H2,26,32)(H,29,33)/t21-/m1/s1. The van der Waals surface area contributed by atoms with Gasteiger partial charge in [0.25, 0.3) is 5.91 Å². The van der Waals surface area contributed by atoms with Gasteiger partial charge in [0.1, 0.15) is 5.69 Å². The molecule has 0 spiro atoms. The minimum absolute atomic E-state index is 0.216. The summed E-state index contributed by atoms with van der Waals surface area (Å²) in [5.41, 5.74) is 9.87. The smallest absolute Gasteiger partial charge is 0.268 e. The number of hydrogen-bond donors (Lipinski definition) is 4. The molecule has 2 heterocycles. The van der Waals surface area contributed by atoms with Crippen LogP contribution in [0, 0.1) is 6.92 Å². The molecule has 4 aromatic rings. The van der Waals surface area contributed by atoms with E-state index in [0.29, 0.717) is 22.8 Å². The number of primary amides is 1. The maximum Gasteiger partial charge on any atom is 0.268 e. The van der Waals surface area contributed by atoms with Crippen LogP contribution >= 0.6 is 0 Å². The SMILES string of the molecule is Cc1cnc(-c2ccc(C(N)=O)cc2)nc1-c1c[nH]c(C(=O)N[C@H](CO)c2ccccc2)c1. The van der Waals surface area contributed by atoms with Crippen molar-refractivity contribution in [2.45, 2.75) is 13.0 Å². The number of aliphatic hydroxyl groups excluding tert-OH is 1. The second-order valence-electron chi connectivity index (χ2n) is 7.59. The van der Waals surface area contributed by atoms with Crippen molar-refractivity contribution in [3.8, 4) is 22.6 Å². The van der Waals surface area contributed by atoms with E-state index in [9.17, 15) is 14.7 Å². The van der Waals surface area contributed by atoms with Gasteiger partial charge in [-0.15, -0.1) is 0 Å². The molecule has 4 rings (SSSR count). The third-order valence-electron chi connectivity index (χ3n) is 5.29. The number of nitrogens with zero attached hydrogens (tertiary/aromatic N) is 2.